The van der Waals surface area contributed by atoms with Crippen LogP contribution in [0.25, 0.3) is 22.6 Å². The summed E-state index contributed by atoms with van der Waals surface area (Å²) in [5.74, 6) is 0.699. The van der Waals surface area contributed by atoms with E-state index < -0.39 is 0 Å². The Hall–Kier alpha value is -4.26. The van der Waals surface area contributed by atoms with Crippen LogP contribution in [-0.2, 0) is 6.54 Å². The van der Waals surface area contributed by atoms with E-state index in [1.807, 2.05) is 67.6 Å². The zero-order valence-electron chi connectivity index (χ0n) is 19.6. The molecule has 0 aliphatic heterocycles. The molecule has 3 aromatic carbocycles. The lowest BCUT2D eigenvalue weighted by atomic mass is 9.97. The first-order valence-corrected chi connectivity index (χ1v) is 10.9. The third-order valence-corrected chi connectivity index (χ3v) is 5.70. The molecule has 4 aromatic rings. The molecule has 0 saturated heterocycles. The van der Waals surface area contributed by atoms with E-state index in [1.165, 1.54) is 0 Å². The highest BCUT2D eigenvalue weighted by Crippen LogP contribution is 2.29. The summed E-state index contributed by atoms with van der Waals surface area (Å²) < 4.78 is 5.56. The van der Waals surface area contributed by atoms with Gasteiger partial charge in [-0.2, -0.15) is 0 Å². The molecule has 1 aromatic heterocycles. The first-order valence-electron chi connectivity index (χ1n) is 10.9. The molecule has 7 nitrogen and oxygen atoms in total. The van der Waals surface area contributed by atoms with Gasteiger partial charge in [-0.15, -0.1) is 10.2 Å². The smallest absolute Gasteiger partial charge is 0.253 e. The van der Waals surface area contributed by atoms with Crippen LogP contribution < -0.4 is 5.32 Å². The Balaban J connectivity index is 1.54. The molecule has 172 valence electrons. The summed E-state index contributed by atoms with van der Waals surface area (Å²) in [6, 6.07) is 20.8. The molecule has 0 atom stereocenters. The largest absolute Gasteiger partial charge is 0.421 e. The topological polar surface area (TPSA) is 88.3 Å². The van der Waals surface area contributed by atoms with Crippen LogP contribution in [0.5, 0.6) is 0 Å². The average Bonchev–Trinajstić information content (AvgIpc) is 3.30. The molecule has 0 spiro atoms. The summed E-state index contributed by atoms with van der Waals surface area (Å²) in [6.07, 6.45) is 0. The standard InChI is InChI=1S/C27H26N4O3/c1-17-9-10-21(26-30-29-18(2)34-26)15-24(17)19-11-13-20(14-12-19)27(33)31(4)16-22-7-5-6-8-23(22)25(32)28-3/h5-15H,16H2,1-4H3,(H,28,32). The van der Waals surface area contributed by atoms with E-state index in [4.69, 9.17) is 4.42 Å². The number of amides is 2. The fourth-order valence-corrected chi connectivity index (χ4v) is 3.83. The SMILES string of the molecule is CNC(=O)c1ccccc1CN(C)C(=O)c1ccc(-c2cc(-c3nnc(C)o3)ccc2C)cc1. The van der Waals surface area contributed by atoms with E-state index in [9.17, 15) is 9.59 Å². The molecule has 0 saturated carbocycles. The molecule has 0 aliphatic rings. The van der Waals surface area contributed by atoms with Gasteiger partial charge >= 0.3 is 0 Å². The number of rotatable bonds is 6. The van der Waals surface area contributed by atoms with E-state index in [0.717, 1.165) is 27.8 Å². The lowest BCUT2D eigenvalue weighted by molar-refractivity contribution is 0.0782. The minimum Gasteiger partial charge on any atom is -0.421 e. The van der Waals surface area contributed by atoms with Gasteiger partial charge in [0.05, 0.1) is 0 Å². The molecule has 0 aliphatic carbocycles. The Labute approximate surface area is 198 Å². The summed E-state index contributed by atoms with van der Waals surface area (Å²) in [5.41, 5.74) is 5.88. The quantitative estimate of drug-likeness (QED) is 0.458. The van der Waals surface area contributed by atoms with Gasteiger partial charge in [0, 0.05) is 44.3 Å². The van der Waals surface area contributed by atoms with Crippen LogP contribution in [-0.4, -0.2) is 41.0 Å². The first kappa shape index (κ1) is 22.9. The van der Waals surface area contributed by atoms with Crippen molar-refractivity contribution in [1.29, 1.82) is 0 Å². The number of aromatic nitrogens is 2. The third-order valence-electron chi connectivity index (χ3n) is 5.70. The monoisotopic (exact) mass is 454 g/mol. The lowest BCUT2D eigenvalue weighted by Gasteiger charge is -2.19. The van der Waals surface area contributed by atoms with E-state index in [-0.39, 0.29) is 11.8 Å². The van der Waals surface area contributed by atoms with Gasteiger partial charge in [0.2, 0.25) is 11.8 Å². The molecular weight excluding hydrogens is 428 g/mol. The van der Waals surface area contributed by atoms with Crippen molar-refractivity contribution in [2.75, 3.05) is 14.1 Å². The molecule has 34 heavy (non-hydrogen) atoms. The number of benzene rings is 3. The summed E-state index contributed by atoms with van der Waals surface area (Å²) in [7, 11) is 3.33. The van der Waals surface area contributed by atoms with Crippen LogP contribution in [0.2, 0.25) is 0 Å². The maximum Gasteiger partial charge on any atom is 0.253 e. The maximum absolute atomic E-state index is 13.1. The molecule has 2 amide bonds. The summed E-state index contributed by atoms with van der Waals surface area (Å²) >= 11 is 0. The molecule has 0 bridgehead atoms. The zero-order valence-corrected chi connectivity index (χ0v) is 19.6. The van der Waals surface area contributed by atoms with Crippen molar-refractivity contribution in [3.8, 4) is 22.6 Å². The molecule has 0 radical (unpaired) electrons. The second kappa shape index (κ2) is 9.70. The Bertz CT molecular complexity index is 1340. The predicted octanol–water partition coefficient (Wildman–Crippen LogP) is 4.65. The number of aryl methyl sites for hydroxylation is 2. The normalized spacial score (nSPS) is 10.7. The predicted molar refractivity (Wildman–Crippen MR) is 130 cm³/mol. The van der Waals surface area contributed by atoms with Crippen LogP contribution in [0.15, 0.2) is 71.1 Å². The van der Waals surface area contributed by atoms with Crippen LogP contribution in [0, 0.1) is 13.8 Å². The number of carbonyl (C=O) groups is 2. The van der Waals surface area contributed by atoms with Crippen molar-refractivity contribution in [3.05, 3.63) is 94.9 Å². The fourth-order valence-electron chi connectivity index (χ4n) is 3.83. The highest BCUT2D eigenvalue weighted by molar-refractivity contribution is 5.97. The van der Waals surface area contributed by atoms with Crippen molar-refractivity contribution >= 4 is 11.8 Å². The van der Waals surface area contributed by atoms with Crippen LogP contribution in [0.4, 0.5) is 0 Å². The Morgan fingerprint density at radius 3 is 2.32 bits per heavy atom. The Kier molecular flexibility index (Phi) is 6.54. The maximum atomic E-state index is 13.1. The van der Waals surface area contributed by atoms with Gasteiger partial charge in [0.1, 0.15) is 0 Å². The van der Waals surface area contributed by atoms with E-state index in [0.29, 0.717) is 29.5 Å². The molecule has 7 heteroatoms. The highest BCUT2D eigenvalue weighted by Gasteiger charge is 2.16. The van der Waals surface area contributed by atoms with Gasteiger partial charge in [-0.3, -0.25) is 9.59 Å². The first-order chi connectivity index (χ1) is 16.4. The molecule has 0 unspecified atom stereocenters. The summed E-state index contributed by atoms with van der Waals surface area (Å²) in [4.78, 5) is 26.8. The van der Waals surface area contributed by atoms with Crippen molar-refractivity contribution in [3.63, 3.8) is 0 Å². The fraction of sp³-hybridized carbons (Fsp3) is 0.185. The number of nitrogens with zero attached hydrogens (tertiary/aromatic N) is 3. The highest BCUT2D eigenvalue weighted by atomic mass is 16.4. The number of carbonyl (C=O) groups excluding carboxylic acids is 2. The van der Waals surface area contributed by atoms with Crippen molar-refractivity contribution in [2.45, 2.75) is 20.4 Å². The second-order valence-corrected chi connectivity index (χ2v) is 8.13. The minimum atomic E-state index is -0.172. The number of nitrogens with one attached hydrogen (secondary N) is 1. The third kappa shape index (κ3) is 4.73. The zero-order chi connectivity index (χ0) is 24.2. The van der Waals surface area contributed by atoms with Gasteiger partial charge in [-0.1, -0.05) is 36.4 Å². The van der Waals surface area contributed by atoms with Crippen molar-refractivity contribution in [2.24, 2.45) is 0 Å². The van der Waals surface area contributed by atoms with E-state index in [2.05, 4.69) is 15.5 Å². The Morgan fingerprint density at radius 1 is 0.941 bits per heavy atom. The lowest BCUT2D eigenvalue weighted by Crippen LogP contribution is -2.28. The van der Waals surface area contributed by atoms with E-state index in [1.54, 1.807) is 32.0 Å². The van der Waals surface area contributed by atoms with Gasteiger partial charge in [-0.25, -0.2) is 0 Å². The van der Waals surface area contributed by atoms with Crippen molar-refractivity contribution in [1.82, 2.24) is 20.4 Å². The second-order valence-electron chi connectivity index (χ2n) is 8.13. The minimum absolute atomic E-state index is 0.120. The van der Waals surface area contributed by atoms with Gasteiger partial charge in [0.15, 0.2) is 0 Å². The number of hydrogen-bond acceptors (Lipinski definition) is 5. The van der Waals surface area contributed by atoms with Gasteiger partial charge in [0.25, 0.3) is 11.8 Å². The molecule has 4 rings (SSSR count). The van der Waals surface area contributed by atoms with Crippen LogP contribution in [0.3, 0.4) is 0 Å². The van der Waals surface area contributed by atoms with Crippen LogP contribution >= 0.6 is 0 Å². The molecule has 1 heterocycles. The van der Waals surface area contributed by atoms with Gasteiger partial charge < -0.3 is 14.6 Å². The Morgan fingerprint density at radius 2 is 1.65 bits per heavy atom. The molecule has 0 fully saturated rings. The van der Waals surface area contributed by atoms with Crippen molar-refractivity contribution < 1.29 is 14.0 Å². The molecule has 1 N–H and O–H groups in total. The van der Waals surface area contributed by atoms with Crippen LogP contribution in [0.1, 0.15) is 37.7 Å². The average molecular weight is 455 g/mol. The number of hydrogen-bond donors (Lipinski definition) is 1. The summed E-state index contributed by atoms with van der Waals surface area (Å²) in [5, 5.41) is 10.6. The summed E-state index contributed by atoms with van der Waals surface area (Å²) in [6.45, 7) is 4.12. The van der Waals surface area contributed by atoms with Gasteiger partial charge in [-0.05, 0) is 59.5 Å². The molecular formula is C27H26N4O3. The van der Waals surface area contributed by atoms with E-state index >= 15 is 0 Å².